The molecule has 0 saturated carbocycles. The zero-order valence-corrected chi connectivity index (χ0v) is 13.3. The van der Waals surface area contributed by atoms with Crippen LogP contribution in [0.5, 0.6) is 0 Å². The van der Waals surface area contributed by atoms with Crippen molar-refractivity contribution < 1.29 is 4.92 Å². The molecule has 0 unspecified atom stereocenters. The normalized spacial score (nSPS) is 15.6. The molecule has 0 spiro atoms. The molecule has 0 atom stereocenters. The van der Waals surface area contributed by atoms with Crippen molar-refractivity contribution in [3.05, 3.63) is 44.7 Å². The van der Waals surface area contributed by atoms with E-state index in [1.807, 2.05) is 36.1 Å². The van der Waals surface area contributed by atoms with E-state index in [-0.39, 0.29) is 5.69 Å². The maximum Gasteiger partial charge on any atom is 0.357 e. The first-order valence-electron chi connectivity index (χ1n) is 8.20. The molecule has 23 heavy (non-hydrogen) atoms. The van der Waals surface area contributed by atoms with Crippen molar-refractivity contribution in [2.24, 2.45) is 0 Å². The molecule has 0 radical (unpaired) electrons. The highest BCUT2D eigenvalue weighted by Crippen LogP contribution is 2.34. The lowest BCUT2D eigenvalue weighted by Gasteiger charge is -2.24. The highest BCUT2D eigenvalue weighted by molar-refractivity contribution is 5.96. The molecule has 3 rings (SSSR count). The Morgan fingerprint density at radius 1 is 1.13 bits per heavy atom. The van der Waals surface area contributed by atoms with Crippen molar-refractivity contribution in [2.45, 2.75) is 39.2 Å². The van der Waals surface area contributed by atoms with E-state index in [1.165, 1.54) is 4.57 Å². The Balaban J connectivity index is 2.35. The molecule has 0 N–H and O–H groups in total. The summed E-state index contributed by atoms with van der Waals surface area (Å²) in [5.41, 5.74) is 0.481. The second kappa shape index (κ2) is 6.40. The van der Waals surface area contributed by atoms with E-state index in [0.29, 0.717) is 12.2 Å². The summed E-state index contributed by atoms with van der Waals surface area (Å²) in [6, 6.07) is 7.49. The average Bonchev–Trinajstić information content (AvgIpc) is 2.82. The Bertz CT molecular complexity index is 790. The summed E-state index contributed by atoms with van der Waals surface area (Å²) in [5, 5.41) is 12.4. The minimum absolute atomic E-state index is 0.285. The molecule has 2 heterocycles. The molecule has 2 aromatic rings. The number of benzene rings is 1. The lowest BCUT2D eigenvalue weighted by molar-refractivity contribution is -0.385. The van der Waals surface area contributed by atoms with Gasteiger partial charge in [0.05, 0.1) is 10.4 Å². The Labute approximate surface area is 134 Å². The Kier molecular flexibility index (Phi) is 4.32. The van der Waals surface area contributed by atoms with Crippen LogP contribution in [0.15, 0.2) is 29.1 Å². The highest BCUT2D eigenvalue weighted by Gasteiger charge is 2.29. The smallest absolute Gasteiger partial charge is 0.357 e. The van der Waals surface area contributed by atoms with Gasteiger partial charge in [-0.3, -0.25) is 14.9 Å². The molecule has 0 aliphatic carbocycles. The van der Waals surface area contributed by atoms with Crippen LogP contribution in [-0.4, -0.2) is 22.6 Å². The molecular weight excluding hydrogens is 294 g/mol. The second-order valence-electron chi connectivity index (χ2n) is 5.92. The molecule has 1 aliphatic heterocycles. The molecule has 1 aromatic heterocycles. The van der Waals surface area contributed by atoms with Crippen LogP contribution in [-0.2, 0) is 6.54 Å². The molecule has 6 nitrogen and oxygen atoms in total. The van der Waals surface area contributed by atoms with Crippen LogP contribution in [0.1, 0.15) is 32.6 Å². The van der Waals surface area contributed by atoms with Gasteiger partial charge in [-0.05, 0) is 25.8 Å². The summed E-state index contributed by atoms with van der Waals surface area (Å²) < 4.78 is 1.49. The lowest BCUT2D eigenvalue weighted by Crippen LogP contribution is -2.30. The van der Waals surface area contributed by atoms with E-state index in [1.54, 1.807) is 0 Å². The average molecular weight is 315 g/mol. The first kappa shape index (κ1) is 15.5. The van der Waals surface area contributed by atoms with E-state index in [4.69, 9.17) is 0 Å². The summed E-state index contributed by atoms with van der Waals surface area (Å²) in [7, 11) is 0. The number of nitrogens with zero attached hydrogens (tertiary/aromatic N) is 3. The molecule has 1 aromatic carbocycles. The van der Waals surface area contributed by atoms with Gasteiger partial charge in [-0.1, -0.05) is 31.0 Å². The maximum atomic E-state index is 12.7. The summed E-state index contributed by atoms with van der Waals surface area (Å²) in [5.74, 6) is 0. The molecule has 0 bridgehead atoms. The fourth-order valence-corrected chi connectivity index (χ4v) is 3.47. The van der Waals surface area contributed by atoms with E-state index >= 15 is 0 Å². The number of rotatable bonds is 3. The van der Waals surface area contributed by atoms with Gasteiger partial charge >= 0.3 is 11.2 Å². The quantitative estimate of drug-likeness (QED) is 0.643. The Morgan fingerprint density at radius 3 is 2.39 bits per heavy atom. The van der Waals surface area contributed by atoms with Gasteiger partial charge in [0, 0.05) is 25.0 Å². The molecule has 0 amide bonds. The third kappa shape index (κ3) is 2.69. The number of fused-ring (bicyclic) bond motifs is 1. The van der Waals surface area contributed by atoms with Crippen LogP contribution >= 0.6 is 0 Å². The zero-order valence-electron chi connectivity index (χ0n) is 13.3. The maximum absolute atomic E-state index is 12.7. The summed E-state index contributed by atoms with van der Waals surface area (Å²) in [6.07, 6.45) is 4.27. The van der Waals surface area contributed by atoms with Crippen LogP contribution < -0.4 is 10.5 Å². The fraction of sp³-hybridized carbons (Fsp3) is 0.471. The SMILES string of the molecule is CCn1c(=O)c([N+](=O)[O-])c(N2CCCCCC2)c2ccccc21. The standard InChI is InChI=1S/C17H21N3O3/c1-2-19-14-10-6-5-9-13(14)15(16(17(19)21)20(22)23)18-11-7-3-4-8-12-18/h5-6,9-10H,2-4,7-8,11-12H2,1H3. The number of para-hydroxylation sites is 1. The minimum Gasteiger partial charge on any atom is -0.365 e. The van der Waals surface area contributed by atoms with E-state index < -0.39 is 10.5 Å². The first-order chi connectivity index (χ1) is 11.1. The van der Waals surface area contributed by atoms with Gasteiger partial charge in [0.15, 0.2) is 0 Å². The topological polar surface area (TPSA) is 68.4 Å². The second-order valence-corrected chi connectivity index (χ2v) is 5.92. The predicted octanol–water partition coefficient (Wildman–Crippen LogP) is 3.31. The molecule has 1 fully saturated rings. The fourth-order valence-electron chi connectivity index (χ4n) is 3.47. The lowest BCUT2D eigenvalue weighted by atomic mass is 10.1. The van der Waals surface area contributed by atoms with Gasteiger partial charge < -0.3 is 9.47 Å². The van der Waals surface area contributed by atoms with Gasteiger partial charge in [0.1, 0.15) is 5.69 Å². The third-order valence-corrected chi connectivity index (χ3v) is 4.54. The van der Waals surface area contributed by atoms with E-state index in [0.717, 1.165) is 49.7 Å². The largest absolute Gasteiger partial charge is 0.365 e. The van der Waals surface area contributed by atoms with Crippen molar-refractivity contribution >= 4 is 22.3 Å². The van der Waals surface area contributed by atoms with Gasteiger partial charge in [-0.2, -0.15) is 0 Å². The van der Waals surface area contributed by atoms with E-state index in [9.17, 15) is 14.9 Å². The summed E-state index contributed by atoms with van der Waals surface area (Å²) in [6.45, 7) is 3.78. The van der Waals surface area contributed by atoms with Crippen LogP contribution in [0.25, 0.3) is 10.9 Å². The summed E-state index contributed by atoms with van der Waals surface area (Å²) in [4.78, 5) is 25.9. The Hall–Kier alpha value is -2.37. The first-order valence-corrected chi connectivity index (χ1v) is 8.20. The number of aryl methyl sites for hydroxylation is 1. The van der Waals surface area contributed by atoms with Crippen LogP contribution in [0.3, 0.4) is 0 Å². The van der Waals surface area contributed by atoms with E-state index in [2.05, 4.69) is 0 Å². The van der Waals surface area contributed by atoms with Gasteiger partial charge in [-0.25, -0.2) is 0 Å². The van der Waals surface area contributed by atoms with Crippen molar-refractivity contribution in [3.8, 4) is 0 Å². The predicted molar refractivity (Wildman–Crippen MR) is 91.2 cm³/mol. The monoisotopic (exact) mass is 315 g/mol. The number of anilines is 1. The molecule has 1 aliphatic rings. The van der Waals surface area contributed by atoms with Crippen molar-refractivity contribution in [3.63, 3.8) is 0 Å². The number of hydrogen-bond donors (Lipinski definition) is 0. The van der Waals surface area contributed by atoms with Crippen LogP contribution in [0.4, 0.5) is 11.4 Å². The van der Waals surface area contributed by atoms with Crippen molar-refractivity contribution in [1.82, 2.24) is 4.57 Å². The number of nitro groups is 1. The molecule has 6 heteroatoms. The van der Waals surface area contributed by atoms with Gasteiger partial charge in [0.25, 0.3) is 0 Å². The number of aromatic nitrogens is 1. The molecule has 122 valence electrons. The van der Waals surface area contributed by atoms with Gasteiger partial charge in [-0.15, -0.1) is 0 Å². The van der Waals surface area contributed by atoms with Crippen LogP contribution in [0, 0.1) is 10.1 Å². The summed E-state index contributed by atoms with van der Waals surface area (Å²) >= 11 is 0. The van der Waals surface area contributed by atoms with Gasteiger partial charge in [0.2, 0.25) is 0 Å². The van der Waals surface area contributed by atoms with Crippen LogP contribution in [0.2, 0.25) is 0 Å². The van der Waals surface area contributed by atoms with Crippen molar-refractivity contribution in [2.75, 3.05) is 18.0 Å². The number of hydrogen-bond acceptors (Lipinski definition) is 4. The van der Waals surface area contributed by atoms with Crippen molar-refractivity contribution in [1.29, 1.82) is 0 Å². The Morgan fingerprint density at radius 2 is 1.78 bits per heavy atom. The minimum atomic E-state index is -0.513. The molecular formula is C17H21N3O3. The number of pyridine rings is 1. The highest BCUT2D eigenvalue weighted by atomic mass is 16.6. The zero-order chi connectivity index (χ0) is 16.4. The third-order valence-electron chi connectivity index (χ3n) is 4.54. The molecule has 1 saturated heterocycles.